The van der Waals surface area contributed by atoms with Crippen LogP contribution in [0, 0.1) is 11.8 Å². The maximum atomic E-state index is 9.40. The maximum absolute atomic E-state index is 9.40. The van der Waals surface area contributed by atoms with Crippen LogP contribution in [0.1, 0.15) is 53.4 Å². The molecule has 0 bridgehead atoms. The van der Waals surface area contributed by atoms with E-state index in [9.17, 15) is 5.11 Å². The lowest BCUT2D eigenvalue weighted by atomic mass is 9.88. The third-order valence-corrected chi connectivity index (χ3v) is 2.82. The van der Waals surface area contributed by atoms with E-state index in [0.29, 0.717) is 6.42 Å². The van der Waals surface area contributed by atoms with Crippen molar-refractivity contribution in [2.24, 2.45) is 0 Å². The molecule has 1 N–H and O–H groups in total. The molecule has 0 unspecified atom stereocenters. The van der Waals surface area contributed by atoms with Crippen molar-refractivity contribution >= 4 is 0 Å². The van der Waals surface area contributed by atoms with Crippen LogP contribution in [0.5, 0.6) is 0 Å². The van der Waals surface area contributed by atoms with Crippen LogP contribution in [0.15, 0.2) is 0 Å². The molecule has 1 aliphatic heterocycles. The van der Waals surface area contributed by atoms with Crippen LogP contribution in [0.2, 0.25) is 0 Å². The van der Waals surface area contributed by atoms with Gasteiger partial charge >= 0.3 is 0 Å². The molecule has 0 radical (unpaired) electrons. The van der Waals surface area contributed by atoms with E-state index in [4.69, 9.17) is 4.74 Å². The second-order valence-corrected chi connectivity index (χ2v) is 5.14. The molecule has 2 heteroatoms. The minimum atomic E-state index is -0.518. The highest BCUT2D eigenvalue weighted by atomic mass is 16.5. The van der Waals surface area contributed by atoms with Gasteiger partial charge in [-0.3, -0.25) is 0 Å². The van der Waals surface area contributed by atoms with Crippen LogP contribution in [0.3, 0.4) is 0 Å². The molecule has 0 spiro atoms. The first-order valence-corrected chi connectivity index (χ1v) is 5.78. The van der Waals surface area contributed by atoms with Gasteiger partial charge in [-0.25, -0.2) is 0 Å². The molecule has 0 amide bonds. The minimum absolute atomic E-state index is 0.0845. The van der Waals surface area contributed by atoms with Crippen molar-refractivity contribution in [3.63, 3.8) is 0 Å². The van der Waals surface area contributed by atoms with E-state index in [1.165, 1.54) is 0 Å². The molecule has 1 fully saturated rings. The summed E-state index contributed by atoms with van der Waals surface area (Å²) in [4.78, 5) is 0. The topological polar surface area (TPSA) is 29.5 Å². The third kappa shape index (κ3) is 3.85. The summed E-state index contributed by atoms with van der Waals surface area (Å²) < 4.78 is 5.97. The quantitative estimate of drug-likeness (QED) is 0.674. The van der Waals surface area contributed by atoms with Crippen LogP contribution < -0.4 is 0 Å². The first kappa shape index (κ1) is 12.5. The fourth-order valence-electron chi connectivity index (χ4n) is 1.99. The lowest BCUT2D eigenvalue weighted by molar-refractivity contribution is -0.135. The summed E-state index contributed by atoms with van der Waals surface area (Å²) in [7, 11) is 0. The minimum Gasteiger partial charge on any atom is -0.380 e. The van der Waals surface area contributed by atoms with Crippen molar-refractivity contribution in [3.05, 3.63) is 0 Å². The van der Waals surface area contributed by atoms with Crippen LogP contribution in [0.25, 0.3) is 0 Å². The monoisotopic (exact) mass is 210 g/mol. The van der Waals surface area contributed by atoms with Gasteiger partial charge in [-0.05, 0) is 46.5 Å². The molecule has 2 atom stereocenters. The van der Waals surface area contributed by atoms with Gasteiger partial charge in [-0.15, -0.1) is 0 Å². The van der Waals surface area contributed by atoms with Crippen molar-refractivity contribution in [2.45, 2.75) is 70.7 Å². The zero-order valence-corrected chi connectivity index (χ0v) is 10.3. The van der Waals surface area contributed by atoms with Crippen molar-refractivity contribution in [1.29, 1.82) is 0 Å². The summed E-state index contributed by atoms with van der Waals surface area (Å²) in [5.41, 5.74) is -0.462. The van der Waals surface area contributed by atoms with Gasteiger partial charge in [0.1, 0.15) is 11.7 Å². The Kier molecular flexibility index (Phi) is 3.81. The molecule has 1 rings (SSSR count). The number of hydrogen-bond donors (Lipinski definition) is 1. The SMILES string of the molecule is CC[C@@H](O)C#C[C@]1(C)CCCC(C)(C)O1. The number of aliphatic hydroxyl groups is 1. The molecule has 0 aromatic rings. The Morgan fingerprint density at radius 3 is 2.53 bits per heavy atom. The molecule has 1 saturated heterocycles. The highest BCUT2D eigenvalue weighted by molar-refractivity contribution is 5.17. The maximum Gasteiger partial charge on any atom is 0.126 e. The van der Waals surface area contributed by atoms with Crippen molar-refractivity contribution in [1.82, 2.24) is 0 Å². The van der Waals surface area contributed by atoms with Gasteiger partial charge in [0.2, 0.25) is 0 Å². The molecule has 0 saturated carbocycles. The van der Waals surface area contributed by atoms with Gasteiger partial charge in [0.05, 0.1) is 5.60 Å². The van der Waals surface area contributed by atoms with E-state index >= 15 is 0 Å². The first-order chi connectivity index (χ1) is 6.87. The van der Waals surface area contributed by atoms with E-state index < -0.39 is 6.10 Å². The molecule has 1 aliphatic rings. The fourth-order valence-corrected chi connectivity index (χ4v) is 1.99. The van der Waals surface area contributed by atoms with Crippen molar-refractivity contribution in [3.8, 4) is 11.8 Å². The summed E-state index contributed by atoms with van der Waals surface area (Å²) in [6.07, 6.45) is 3.34. The van der Waals surface area contributed by atoms with Crippen LogP contribution >= 0.6 is 0 Å². The van der Waals surface area contributed by atoms with Gasteiger partial charge in [0.15, 0.2) is 0 Å². The van der Waals surface area contributed by atoms with Crippen LogP contribution in [0.4, 0.5) is 0 Å². The third-order valence-electron chi connectivity index (χ3n) is 2.82. The van der Waals surface area contributed by atoms with Crippen LogP contribution in [-0.4, -0.2) is 22.4 Å². The molecule has 86 valence electrons. The average Bonchev–Trinajstić information content (AvgIpc) is 2.12. The summed E-state index contributed by atoms with van der Waals surface area (Å²) >= 11 is 0. The number of aliphatic hydroxyl groups excluding tert-OH is 1. The summed E-state index contributed by atoms with van der Waals surface area (Å²) in [5.74, 6) is 5.94. The zero-order valence-electron chi connectivity index (χ0n) is 10.3. The lowest BCUT2D eigenvalue weighted by Gasteiger charge is -2.40. The standard InChI is InChI=1S/C13H22O2/c1-5-11(14)7-10-13(4)9-6-8-12(2,3)15-13/h11,14H,5-6,8-9H2,1-4H3/t11-,13+/m1/s1. The van der Waals surface area contributed by atoms with Crippen molar-refractivity contribution < 1.29 is 9.84 Å². The second-order valence-electron chi connectivity index (χ2n) is 5.14. The van der Waals surface area contributed by atoms with E-state index in [0.717, 1.165) is 19.3 Å². The molecule has 0 aromatic carbocycles. The Morgan fingerprint density at radius 1 is 1.33 bits per heavy atom. The Morgan fingerprint density at radius 2 is 2.00 bits per heavy atom. The fraction of sp³-hybridized carbons (Fsp3) is 0.846. The molecule has 0 aliphatic carbocycles. The molecule has 15 heavy (non-hydrogen) atoms. The van der Waals surface area contributed by atoms with Gasteiger partial charge in [-0.1, -0.05) is 18.8 Å². The van der Waals surface area contributed by atoms with E-state index in [2.05, 4.69) is 25.7 Å². The second kappa shape index (κ2) is 4.55. The summed E-state index contributed by atoms with van der Waals surface area (Å²) in [6.45, 7) is 8.14. The highest BCUT2D eigenvalue weighted by Crippen LogP contribution is 2.34. The van der Waals surface area contributed by atoms with Crippen LogP contribution in [-0.2, 0) is 4.74 Å². The predicted molar refractivity (Wildman–Crippen MR) is 61.5 cm³/mol. The number of rotatable bonds is 1. The molecule has 0 aromatic heterocycles. The Labute approximate surface area is 93.0 Å². The molecular weight excluding hydrogens is 188 g/mol. The molecule has 1 heterocycles. The Hall–Kier alpha value is -0.520. The average molecular weight is 210 g/mol. The summed E-state index contributed by atoms with van der Waals surface area (Å²) in [6, 6.07) is 0. The first-order valence-electron chi connectivity index (χ1n) is 5.78. The number of hydrogen-bond acceptors (Lipinski definition) is 2. The zero-order chi connectivity index (χ0) is 11.5. The predicted octanol–water partition coefficient (Wildman–Crippen LogP) is 2.50. The Balaban J connectivity index is 2.68. The number of ether oxygens (including phenoxy) is 1. The lowest BCUT2D eigenvalue weighted by Crippen LogP contribution is -2.42. The largest absolute Gasteiger partial charge is 0.380 e. The Bertz CT molecular complexity index is 272. The van der Waals surface area contributed by atoms with E-state index in [1.807, 2.05) is 13.8 Å². The van der Waals surface area contributed by atoms with Gasteiger partial charge in [-0.2, -0.15) is 0 Å². The smallest absolute Gasteiger partial charge is 0.126 e. The highest BCUT2D eigenvalue weighted by Gasteiger charge is 2.35. The molecular formula is C13H22O2. The van der Waals surface area contributed by atoms with Gasteiger partial charge < -0.3 is 9.84 Å². The van der Waals surface area contributed by atoms with E-state index in [-0.39, 0.29) is 11.2 Å². The van der Waals surface area contributed by atoms with Gasteiger partial charge in [0, 0.05) is 0 Å². The van der Waals surface area contributed by atoms with Crippen molar-refractivity contribution in [2.75, 3.05) is 0 Å². The molecule has 2 nitrogen and oxygen atoms in total. The normalized spacial score (nSPS) is 31.5. The summed E-state index contributed by atoms with van der Waals surface area (Å²) in [5, 5.41) is 9.40. The van der Waals surface area contributed by atoms with Gasteiger partial charge in [0.25, 0.3) is 0 Å². The van der Waals surface area contributed by atoms with E-state index in [1.54, 1.807) is 0 Å².